The number of fused-ring (bicyclic) bond motifs is 1. The van der Waals surface area contributed by atoms with E-state index in [0.717, 1.165) is 27.8 Å². The number of amides is 1. The molecule has 0 aliphatic rings. The molecular weight excluding hydrogens is 390 g/mol. The Morgan fingerprint density at radius 3 is 2.84 bits per heavy atom. The van der Waals surface area contributed by atoms with E-state index in [-0.39, 0.29) is 5.91 Å². The first-order valence-corrected chi connectivity index (χ1v) is 10.1. The fraction of sp³-hybridized carbons (Fsp3) is 0.208. The minimum Gasteiger partial charge on any atom is -0.439 e. The Balaban J connectivity index is 1.44. The van der Waals surface area contributed by atoms with Gasteiger partial charge in [-0.15, -0.1) is 0 Å². The van der Waals surface area contributed by atoms with Crippen molar-refractivity contribution in [2.24, 2.45) is 0 Å². The highest BCUT2D eigenvalue weighted by Gasteiger charge is 2.07. The lowest BCUT2D eigenvalue weighted by molar-refractivity contribution is -0.128. The zero-order valence-electron chi connectivity index (χ0n) is 17.8. The van der Waals surface area contributed by atoms with Crippen LogP contribution < -0.4 is 10.1 Å². The number of benzene rings is 2. The van der Waals surface area contributed by atoms with Gasteiger partial charge in [0.25, 0.3) is 0 Å². The topological polar surface area (TPSA) is 83.1 Å². The smallest absolute Gasteiger partial charge is 0.230 e. The molecule has 0 saturated heterocycles. The molecule has 0 radical (unpaired) electrons. The molecule has 0 aliphatic carbocycles. The van der Waals surface area contributed by atoms with Crippen LogP contribution in [-0.4, -0.2) is 39.9 Å². The van der Waals surface area contributed by atoms with Crippen LogP contribution in [0.3, 0.4) is 0 Å². The van der Waals surface area contributed by atoms with Crippen LogP contribution in [-0.2, 0) is 11.2 Å². The molecule has 2 heterocycles. The van der Waals surface area contributed by atoms with Gasteiger partial charge in [0.05, 0.1) is 0 Å². The standard InChI is InChI=1S/C24H25N5O2/c1-16-13-18-15-20(8-9-21(18)26-16)31-22-11-12-25-24(28-22)27-19-6-4-5-17(14-19)7-10-23(30)29(2)3/h4-6,8-9,11-15,26H,7,10H2,1-3H3,(H,25,27,28). The molecule has 0 atom stereocenters. The quantitative estimate of drug-likeness (QED) is 0.452. The number of aromatic nitrogens is 3. The fourth-order valence-corrected chi connectivity index (χ4v) is 3.31. The molecule has 4 rings (SSSR count). The Kier molecular flexibility index (Phi) is 5.84. The fourth-order valence-electron chi connectivity index (χ4n) is 3.31. The number of carbonyl (C=O) groups is 1. The third-order valence-electron chi connectivity index (χ3n) is 4.89. The van der Waals surface area contributed by atoms with Crippen molar-refractivity contribution in [3.8, 4) is 11.6 Å². The summed E-state index contributed by atoms with van der Waals surface area (Å²) in [6, 6.07) is 17.6. The van der Waals surface area contributed by atoms with E-state index in [9.17, 15) is 4.79 Å². The molecule has 0 unspecified atom stereocenters. The minimum absolute atomic E-state index is 0.111. The van der Waals surface area contributed by atoms with Crippen molar-refractivity contribution in [1.29, 1.82) is 0 Å². The SMILES string of the molecule is Cc1cc2cc(Oc3ccnc(Nc4cccc(CCC(=O)N(C)C)c4)n3)ccc2[nH]1. The average molecular weight is 415 g/mol. The number of ether oxygens (including phenoxy) is 1. The second-order valence-corrected chi connectivity index (χ2v) is 7.64. The van der Waals surface area contributed by atoms with Gasteiger partial charge < -0.3 is 19.9 Å². The first-order chi connectivity index (χ1) is 15.0. The number of nitrogens with one attached hydrogen (secondary N) is 2. The molecule has 0 aliphatic heterocycles. The molecule has 7 nitrogen and oxygen atoms in total. The first kappa shape index (κ1) is 20.4. The molecule has 4 aromatic rings. The van der Waals surface area contributed by atoms with E-state index in [4.69, 9.17) is 4.74 Å². The molecule has 31 heavy (non-hydrogen) atoms. The molecule has 158 valence electrons. The van der Waals surface area contributed by atoms with Crippen LogP contribution in [0.5, 0.6) is 11.6 Å². The van der Waals surface area contributed by atoms with E-state index in [0.29, 0.717) is 30.4 Å². The van der Waals surface area contributed by atoms with Crippen molar-refractivity contribution in [2.45, 2.75) is 19.8 Å². The average Bonchev–Trinajstić information content (AvgIpc) is 3.12. The van der Waals surface area contributed by atoms with E-state index in [1.165, 1.54) is 0 Å². The van der Waals surface area contributed by atoms with Crippen LogP contribution in [0.1, 0.15) is 17.7 Å². The number of nitrogens with zero attached hydrogens (tertiary/aromatic N) is 3. The van der Waals surface area contributed by atoms with Gasteiger partial charge >= 0.3 is 0 Å². The highest BCUT2D eigenvalue weighted by Crippen LogP contribution is 2.26. The highest BCUT2D eigenvalue weighted by atomic mass is 16.5. The predicted molar refractivity (Wildman–Crippen MR) is 122 cm³/mol. The van der Waals surface area contributed by atoms with E-state index >= 15 is 0 Å². The van der Waals surface area contributed by atoms with E-state index in [1.54, 1.807) is 31.3 Å². The number of H-pyrrole nitrogens is 1. The van der Waals surface area contributed by atoms with Crippen LogP contribution in [0.25, 0.3) is 10.9 Å². The largest absolute Gasteiger partial charge is 0.439 e. The Bertz CT molecular complexity index is 1220. The van der Waals surface area contributed by atoms with Crippen molar-refractivity contribution in [3.05, 3.63) is 72.1 Å². The van der Waals surface area contributed by atoms with Crippen molar-refractivity contribution in [2.75, 3.05) is 19.4 Å². The van der Waals surface area contributed by atoms with Gasteiger partial charge in [-0.25, -0.2) is 4.98 Å². The number of aromatic amines is 1. The second-order valence-electron chi connectivity index (χ2n) is 7.64. The van der Waals surface area contributed by atoms with E-state index in [2.05, 4.69) is 26.3 Å². The summed E-state index contributed by atoms with van der Waals surface area (Å²) in [5, 5.41) is 4.30. The normalized spacial score (nSPS) is 10.8. The number of carbonyl (C=O) groups excluding carboxylic acids is 1. The summed E-state index contributed by atoms with van der Waals surface area (Å²) in [5.41, 5.74) is 4.11. The minimum atomic E-state index is 0.111. The molecule has 7 heteroatoms. The Labute approximate surface area is 181 Å². The van der Waals surface area contributed by atoms with Crippen LogP contribution in [0.15, 0.2) is 60.8 Å². The first-order valence-electron chi connectivity index (χ1n) is 10.1. The zero-order chi connectivity index (χ0) is 21.8. The lowest BCUT2D eigenvalue weighted by Gasteiger charge is -2.11. The summed E-state index contributed by atoms with van der Waals surface area (Å²) in [5.74, 6) is 1.72. The molecule has 2 aromatic carbocycles. The summed E-state index contributed by atoms with van der Waals surface area (Å²) in [4.78, 5) is 25.5. The Morgan fingerprint density at radius 2 is 2.00 bits per heavy atom. The van der Waals surface area contributed by atoms with Crippen molar-refractivity contribution < 1.29 is 9.53 Å². The van der Waals surface area contributed by atoms with Gasteiger partial charge in [-0.05, 0) is 55.3 Å². The van der Waals surface area contributed by atoms with Crippen LogP contribution in [0.2, 0.25) is 0 Å². The van der Waals surface area contributed by atoms with Crippen molar-refractivity contribution >= 4 is 28.4 Å². The molecule has 2 aromatic heterocycles. The molecule has 0 fully saturated rings. The number of hydrogen-bond acceptors (Lipinski definition) is 5. The van der Waals surface area contributed by atoms with Crippen LogP contribution >= 0.6 is 0 Å². The van der Waals surface area contributed by atoms with E-state index < -0.39 is 0 Å². The van der Waals surface area contributed by atoms with Gasteiger partial charge in [-0.2, -0.15) is 4.98 Å². The zero-order valence-corrected chi connectivity index (χ0v) is 17.8. The number of hydrogen-bond donors (Lipinski definition) is 2. The maximum Gasteiger partial charge on any atom is 0.230 e. The van der Waals surface area contributed by atoms with Crippen molar-refractivity contribution in [1.82, 2.24) is 19.9 Å². The van der Waals surface area contributed by atoms with Gasteiger partial charge in [-0.3, -0.25) is 4.79 Å². The summed E-state index contributed by atoms with van der Waals surface area (Å²) < 4.78 is 5.94. The number of rotatable bonds is 7. The van der Waals surface area contributed by atoms with Crippen LogP contribution in [0.4, 0.5) is 11.6 Å². The summed E-state index contributed by atoms with van der Waals surface area (Å²) in [6.45, 7) is 2.03. The number of anilines is 2. The Morgan fingerprint density at radius 1 is 1.13 bits per heavy atom. The van der Waals surface area contributed by atoms with Gasteiger partial charge in [0, 0.05) is 55.1 Å². The molecule has 0 bridgehead atoms. The van der Waals surface area contributed by atoms with Gasteiger partial charge in [-0.1, -0.05) is 12.1 Å². The van der Waals surface area contributed by atoms with Crippen LogP contribution in [0, 0.1) is 6.92 Å². The third kappa shape index (κ3) is 5.19. The van der Waals surface area contributed by atoms with Gasteiger partial charge in [0.2, 0.25) is 17.7 Å². The molecule has 1 amide bonds. The van der Waals surface area contributed by atoms with Gasteiger partial charge in [0.1, 0.15) is 5.75 Å². The molecule has 0 saturated carbocycles. The summed E-state index contributed by atoms with van der Waals surface area (Å²) >= 11 is 0. The summed E-state index contributed by atoms with van der Waals surface area (Å²) in [6.07, 6.45) is 2.81. The van der Waals surface area contributed by atoms with E-state index in [1.807, 2.05) is 49.4 Å². The lowest BCUT2D eigenvalue weighted by atomic mass is 10.1. The number of aryl methyl sites for hydroxylation is 2. The maximum atomic E-state index is 11.8. The highest BCUT2D eigenvalue weighted by molar-refractivity contribution is 5.82. The third-order valence-corrected chi connectivity index (χ3v) is 4.89. The monoisotopic (exact) mass is 415 g/mol. The van der Waals surface area contributed by atoms with Crippen molar-refractivity contribution in [3.63, 3.8) is 0 Å². The molecule has 2 N–H and O–H groups in total. The lowest BCUT2D eigenvalue weighted by Crippen LogP contribution is -2.21. The maximum absolute atomic E-state index is 11.8. The molecular formula is C24H25N5O2. The molecule has 0 spiro atoms. The second kappa shape index (κ2) is 8.87. The predicted octanol–water partition coefficient (Wildman–Crippen LogP) is 4.82. The Hall–Kier alpha value is -3.87. The summed E-state index contributed by atoms with van der Waals surface area (Å²) in [7, 11) is 3.54. The van der Waals surface area contributed by atoms with Gasteiger partial charge in [0.15, 0.2) is 0 Å².